The van der Waals surface area contributed by atoms with Crippen molar-refractivity contribution < 1.29 is 23.1 Å². The van der Waals surface area contributed by atoms with Crippen LogP contribution in [-0.2, 0) is 21.1 Å². The molecule has 0 aromatic heterocycles. The molecule has 112 valence electrons. The number of methoxy groups -OCH3 is 1. The van der Waals surface area contributed by atoms with Crippen molar-refractivity contribution in [3.8, 4) is 5.75 Å². The van der Waals surface area contributed by atoms with Crippen molar-refractivity contribution in [1.29, 1.82) is 0 Å². The second-order valence-corrected chi connectivity index (χ2v) is 7.08. The van der Waals surface area contributed by atoms with Crippen LogP contribution in [0.3, 0.4) is 0 Å². The van der Waals surface area contributed by atoms with E-state index in [-0.39, 0.29) is 5.75 Å². The van der Waals surface area contributed by atoms with Crippen molar-refractivity contribution in [2.24, 2.45) is 5.92 Å². The van der Waals surface area contributed by atoms with E-state index in [2.05, 4.69) is 0 Å². The second-order valence-electron chi connectivity index (χ2n) is 4.82. The third-order valence-electron chi connectivity index (χ3n) is 3.08. The van der Waals surface area contributed by atoms with Crippen molar-refractivity contribution in [3.63, 3.8) is 0 Å². The first-order valence-electron chi connectivity index (χ1n) is 6.36. The molecule has 1 aromatic rings. The first-order chi connectivity index (χ1) is 9.33. The molecule has 6 heteroatoms. The quantitative estimate of drug-likeness (QED) is 0.791. The Morgan fingerprint density at radius 2 is 2.00 bits per heavy atom. The zero-order valence-corrected chi connectivity index (χ0v) is 12.5. The van der Waals surface area contributed by atoms with E-state index in [1.54, 1.807) is 6.07 Å². The van der Waals surface area contributed by atoms with Gasteiger partial charge in [0.05, 0.1) is 13.0 Å². The number of ether oxygens (including phenoxy) is 1. The summed E-state index contributed by atoms with van der Waals surface area (Å²) in [5.74, 6) is -0.845. The van der Waals surface area contributed by atoms with E-state index in [9.17, 15) is 18.3 Å². The van der Waals surface area contributed by atoms with Gasteiger partial charge in [0.25, 0.3) is 0 Å². The topological polar surface area (TPSA) is 80.7 Å². The van der Waals surface area contributed by atoms with Crippen LogP contribution >= 0.6 is 0 Å². The molecule has 20 heavy (non-hydrogen) atoms. The van der Waals surface area contributed by atoms with Gasteiger partial charge < -0.3 is 9.84 Å². The van der Waals surface area contributed by atoms with Crippen molar-refractivity contribution >= 4 is 15.8 Å². The van der Waals surface area contributed by atoms with Crippen molar-refractivity contribution in [2.75, 3.05) is 19.1 Å². The fraction of sp³-hybridized carbons (Fsp3) is 0.500. The molecule has 0 saturated heterocycles. The first-order valence-corrected chi connectivity index (χ1v) is 8.42. The van der Waals surface area contributed by atoms with E-state index in [1.807, 2.05) is 18.2 Å². The average Bonchev–Trinajstić information content (AvgIpc) is 2.36. The van der Waals surface area contributed by atoms with E-state index >= 15 is 0 Å². The predicted molar refractivity (Wildman–Crippen MR) is 76.8 cm³/mol. The SMILES string of the molecule is COc1ccccc1CC(CCCS(C)(=O)=O)C(=O)O. The average molecular weight is 300 g/mol. The van der Waals surface area contributed by atoms with E-state index in [1.165, 1.54) is 7.11 Å². The number of aliphatic carboxylic acids is 1. The summed E-state index contributed by atoms with van der Waals surface area (Å²) in [5.41, 5.74) is 0.821. The van der Waals surface area contributed by atoms with E-state index < -0.39 is 21.7 Å². The number of carboxylic acid groups (broad SMARTS) is 1. The molecule has 0 amide bonds. The van der Waals surface area contributed by atoms with Gasteiger partial charge in [0.15, 0.2) is 0 Å². The Balaban J connectivity index is 2.70. The molecule has 1 atom stereocenters. The number of benzene rings is 1. The maximum absolute atomic E-state index is 11.3. The number of rotatable bonds is 8. The highest BCUT2D eigenvalue weighted by atomic mass is 32.2. The molecule has 5 nitrogen and oxygen atoms in total. The summed E-state index contributed by atoms with van der Waals surface area (Å²) < 4.78 is 27.3. The highest BCUT2D eigenvalue weighted by molar-refractivity contribution is 7.90. The molecule has 0 aliphatic rings. The molecule has 0 fully saturated rings. The maximum atomic E-state index is 11.3. The van der Waals surface area contributed by atoms with Crippen molar-refractivity contribution in [2.45, 2.75) is 19.3 Å². The Bertz CT molecular complexity index is 550. The number of para-hydroxylation sites is 1. The monoisotopic (exact) mass is 300 g/mol. The molecular formula is C14H20O5S. The highest BCUT2D eigenvalue weighted by Gasteiger charge is 2.20. The summed E-state index contributed by atoms with van der Waals surface area (Å²) in [6.07, 6.45) is 2.18. The number of hydrogen-bond acceptors (Lipinski definition) is 4. The van der Waals surface area contributed by atoms with Gasteiger partial charge in [-0.05, 0) is 30.9 Å². The molecule has 0 heterocycles. The van der Waals surface area contributed by atoms with Gasteiger partial charge in [-0.3, -0.25) is 4.79 Å². The van der Waals surface area contributed by atoms with E-state index in [0.29, 0.717) is 25.0 Å². The molecule has 1 unspecified atom stereocenters. The molecule has 0 spiro atoms. The fourth-order valence-corrected chi connectivity index (χ4v) is 2.73. The Morgan fingerprint density at radius 1 is 1.35 bits per heavy atom. The minimum Gasteiger partial charge on any atom is -0.496 e. The Hall–Kier alpha value is -1.56. The molecule has 1 aromatic carbocycles. The molecular weight excluding hydrogens is 280 g/mol. The van der Waals surface area contributed by atoms with Crippen molar-refractivity contribution in [3.05, 3.63) is 29.8 Å². The van der Waals surface area contributed by atoms with Gasteiger partial charge in [0, 0.05) is 12.0 Å². The summed E-state index contributed by atoms with van der Waals surface area (Å²) in [7, 11) is -1.51. The van der Waals surface area contributed by atoms with Gasteiger partial charge >= 0.3 is 5.97 Å². The molecule has 0 radical (unpaired) electrons. The third-order valence-corrected chi connectivity index (χ3v) is 4.11. The van der Waals surface area contributed by atoms with Crippen LogP contribution in [0.5, 0.6) is 5.75 Å². The zero-order chi connectivity index (χ0) is 15.2. The van der Waals surface area contributed by atoms with Crippen LogP contribution in [0, 0.1) is 5.92 Å². The van der Waals surface area contributed by atoms with Crippen LogP contribution in [0.4, 0.5) is 0 Å². The second kappa shape index (κ2) is 7.28. The first kappa shape index (κ1) is 16.5. The predicted octanol–water partition coefficient (Wildman–Crippen LogP) is 1.76. The lowest BCUT2D eigenvalue weighted by Crippen LogP contribution is -2.18. The van der Waals surface area contributed by atoms with Gasteiger partial charge in [-0.25, -0.2) is 8.42 Å². The lowest BCUT2D eigenvalue weighted by molar-refractivity contribution is -0.141. The summed E-state index contributed by atoms with van der Waals surface area (Å²) >= 11 is 0. The minimum atomic E-state index is -3.05. The summed E-state index contributed by atoms with van der Waals surface area (Å²) in [4.78, 5) is 11.3. The highest BCUT2D eigenvalue weighted by Crippen LogP contribution is 2.23. The number of carbonyl (C=O) groups is 1. The minimum absolute atomic E-state index is 0.0166. The molecule has 0 aliphatic carbocycles. The lowest BCUT2D eigenvalue weighted by Gasteiger charge is -2.14. The zero-order valence-electron chi connectivity index (χ0n) is 11.7. The van der Waals surface area contributed by atoms with Gasteiger partial charge in [-0.1, -0.05) is 18.2 Å². The Kier molecular flexibility index (Phi) is 6.01. The number of hydrogen-bond donors (Lipinski definition) is 1. The molecule has 1 rings (SSSR count). The lowest BCUT2D eigenvalue weighted by atomic mass is 9.94. The molecule has 0 aliphatic heterocycles. The van der Waals surface area contributed by atoms with Gasteiger partial charge in [-0.2, -0.15) is 0 Å². The van der Waals surface area contributed by atoms with Crippen LogP contribution in [0.15, 0.2) is 24.3 Å². The van der Waals surface area contributed by atoms with Gasteiger partial charge in [0.1, 0.15) is 15.6 Å². The van der Waals surface area contributed by atoms with Crippen LogP contribution < -0.4 is 4.74 Å². The largest absolute Gasteiger partial charge is 0.496 e. The summed E-state index contributed by atoms with van der Waals surface area (Å²) in [6.45, 7) is 0. The van der Waals surface area contributed by atoms with Gasteiger partial charge in [-0.15, -0.1) is 0 Å². The molecule has 1 N–H and O–H groups in total. The van der Waals surface area contributed by atoms with E-state index in [0.717, 1.165) is 11.8 Å². The maximum Gasteiger partial charge on any atom is 0.306 e. The Morgan fingerprint density at radius 3 is 2.55 bits per heavy atom. The molecule has 0 saturated carbocycles. The van der Waals surface area contributed by atoms with Crippen molar-refractivity contribution in [1.82, 2.24) is 0 Å². The fourth-order valence-electron chi connectivity index (χ4n) is 2.04. The van der Waals surface area contributed by atoms with Gasteiger partial charge in [0.2, 0.25) is 0 Å². The standard InChI is InChI=1S/C14H20O5S/c1-19-13-8-4-3-6-11(13)10-12(14(15)16)7-5-9-20(2,17)18/h3-4,6,8,12H,5,7,9-10H2,1-2H3,(H,15,16). The third kappa shape index (κ3) is 5.61. The number of carboxylic acids is 1. The summed E-state index contributed by atoms with van der Waals surface area (Å²) in [5, 5.41) is 9.24. The molecule has 0 bridgehead atoms. The Labute approximate surface area is 119 Å². The van der Waals surface area contributed by atoms with Crippen LogP contribution in [-0.4, -0.2) is 38.6 Å². The van der Waals surface area contributed by atoms with E-state index in [4.69, 9.17) is 4.74 Å². The normalized spacial score (nSPS) is 12.9. The number of sulfone groups is 1. The van der Waals surface area contributed by atoms with Crippen LogP contribution in [0.2, 0.25) is 0 Å². The van der Waals surface area contributed by atoms with Crippen LogP contribution in [0.25, 0.3) is 0 Å². The summed E-state index contributed by atoms with van der Waals surface area (Å²) in [6, 6.07) is 7.26. The smallest absolute Gasteiger partial charge is 0.306 e. The van der Waals surface area contributed by atoms with Crippen LogP contribution in [0.1, 0.15) is 18.4 Å².